The summed E-state index contributed by atoms with van der Waals surface area (Å²) in [6.07, 6.45) is 4.15. The Hall–Kier alpha value is -2.19. The summed E-state index contributed by atoms with van der Waals surface area (Å²) >= 11 is 3.48. The van der Waals surface area contributed by atoms with Crippen LogP contribution in [0.15, 0.2) is 70.1 Å². The first-order chi connectivity index (χ1) is 13.3. The van der Waals surface area contributed by atoms with E-state index in [2.05, 4.69) is 62.8 Å². The summed E-state index contributed by atoms with van der Waals surface area (Å²) in [4.78, 5) is 2.47. The smallest absolute Gasteiger partial charge is 0.0846 e. The average Bonchev–Trinajstić information content (AvgIpc) is 3.44. The van der Waals surface area contributed by atoms with Gasteiger partial charge in [-0.1, -0.05) is 36.4 Å². The third-order valence-electron chi connectivity index (χ3n) is 5.47. The van der Waals surface area contributed by atoms with Crippen LogP contribution in [0.1, 0.15) is 29.5 Å². The van der Waals surface area contributed by atoms with Crippen LogP contribution in [0.4, 0.5) is 0 Å². The minimum atomic E-state index is -0.328. The lowest BCUT2D eigenvalue weighted by Gasteiger charge is -2.37. The van der Waals surface area contributed by atoms with Crippen molar-refractivity contribution in [2.24, 2.45) is 0 Å². The van der Waals surface area contributed by atoms with Gasteiger partial charge in [0, 0.05) is 19.6 Å². The van der Waals surface area contributed by atoms with E-state index in [9.17, 15) is 5.26 Å². The minimum Gasteiger partial charge on any atom is -0.300 e. The molecule has 0 spiro atoms. The molecule has 1 aromatic carbocycles. The Balaban J connectivity index is 1.47. The van der Waals surface area contributed by atoms with Crippen LogP contribution in [0, 0.1) is 11.3 Å². The van der Waals surface area contributed by atoms with Crippen molar-refractivity contribution in [3.05, 3.63) is 86.8 Å². The molecule has 0 bridgehead atoms. The van der Waals surface area contributed by atoms with Crippen molar-refractivity contribution in [1.29, 1.82) is 5.26 Å². The van der Waals surface area contributed by atoms with Crippen molar-refractivity contribution >= 4 is 28.2 Å². The molecule has 4 heteroatoms. The molecule has 1 fully saturated rings. The van der Waals surface area contributed by atoms with Gasteiger partial charge >= 0.3 is 0 Å². The van der Waals surface area contributed by atoms with E-state index >= 15 is 0 Å². The van der Waals surface area contributed by atoms with E-state index in [4.69, 9.17) is 0 Å². The highest BCUT2D eigenvalue weighted by molar-refractivity contribution is 7.08. The molecule has 3 aromatic rings. The second-order valence-corrected chi connectivity index (χ2v) is 8.56. The van der Waals surface area contributed by atoms with Crippen LogP contribution >= 0.6 is 22.7 Å². The number of thiophene rings is 2. The second-order valence-electron chi connectivity index (χ2n) is 7.00. The lowest BCUT2D eigenvalue weighted by Crippen LogP contribution is -2.41. The van der Waals surface area contributed by atoms with Gasteiger partial charge in [-0.05, 0) is 68.8 Å². The summed E-state index contributed by atoms with van der Waals surface area (Å²) in [5.74, 6) is 0. The minimum absolute atomic E-state index is 0.328. The van der Waals surface area contributed by atoms with Gasteiger partial charge in [0.1, 0.15) is 0 Å². The van der Waals surface area contributed by atoms with Gasteiger partial charge in [-0.2, -0.15) is 27.9 Å². The molecular formula is C23H22N2S2. The quantitative estimate of drug-likeness (QED) is 0.550. The van der Waals surface area contributed by atoms with Crippen molar-refractivity contribution in [2.75, 3.05) is 19.6 Å². The van der Waals surface area contributed by atoms with Crippen molar-refractivity contribution in [1.82, 2.24) is 4.90 Å². The van der Waals surface area contributed by atoms with Crippen LogP contribution < -0.4 is 0 Å². The molecule has 0 N–H and O–H groups in total. The number of nitriles is 1. The maximum atomic E-state index is 9.87. The Morgan fingerprint density at radius 3 is 2.15 bits per heavy atom. The van der Waals surface area contributed by atoms with Gasteiger partial charge < -0.3 is 0 Å². The SMILES string of the molecule is N#CC1(c2ccccc2)CCN(CC=C(c2ccsc2)c2ccsc2)CC1. The third-order valence-corrected chi connectivity index (χ3v) is 6.83. The first-order valence-electron chi connectivity index (χ1n) is 9.25. The molecule has 1 saturated heterocycles. The molecule has 0 aliphatic carbocycles. The lowest BCUT2D eigenvalue weighted by molar-refractivity contribution is 0.203. The van der Waals surface area contributed by atoms with Crippen LogP contribution in [0.3, 0.4) is 0 Å². The molecule has 2 aromatic heterocycles. The van der Waals surface area contributed by atoms with E-state index in [1.807, 2.05) is 18.2 Å². The predicted octanol–water partition coefficient (Wildman–Crippen LogP) is 5.80. The number of hydrogen-bond donors (Lipinski definition) is 0. The normalized spacial score (nSPS) is 16.6. The fourth-order valence-corrected chi connectivity index (χ4v) is 5.11. The van der Waals surface area contributed by atoms with Crippen LogP contribution in [0.5, 0.6) is 0 Å². The number of likely N-dealkylation sites (tertiary alicyclic amines) is 1. The van der Waals surface area contributed by atoms with Crippen LogP contribution in [0.25, 0.3) is 5.57 Å². The number of piperidine rings is 1. The molecule has 0 unspecified atom stereocenters. The van der Waals surface area contributed by atoms with Crippen LogP contribution in [-0.2, 0) is 5.41 Å². The summed E-state index contributed by atoms with van der Waals surface area (Å²) < 4.78 is 0. The Kier molecular flexibility index (Phi) is 5.54. The molecule has 2 nitrogen and oxygen atoms in total. The highest BCUT2D eigenvalue weighted by Gasteiger charge is 2.36. The van der Waals surface area contributed by atoms with Gasteiger partial charge in [0.25, 0.3) is 0 Å². The van der Waals surface area contributed by atoms with Crippen LogP contribution in [0.2, 0.25) is 0 Å². The van der Waals surface area contributed by atoms with E-state index < -0.39 is 0 Å². The molecule has 3 heterocycles. The Labute approximate surface area is 169 Å². The fraction of sp³-hybridized carbons (Fsp3) is 0.261. The number of benzene rings is 1. The second kappa shape index (κ2) is 8.22. The van der Waals surface area contributed by atoms with Gasteiger partial charge in [0.15, 0.2) is 0 Å². The Morgan fingerprint density at radius 2 is 1.63 bits per heavy atom. The van der Waals surface area contributed by atoms with Gasteiger partial charge in [-0.15, -0.1) is 0 Å². The highest BCUT2D eigenvalue weighted by atomic mass is 32.1. The molecule has 0 atom stereocenters. The Morgan fingerprint density at radius 1 is 1.00 bits per heavy atom. The molecule has 4 rings (SSSR count). The molecular weight excluding hydrogens is 368 g/mol. The standard InChI is InChI=1S/C23H22N2S2/c24-18-23(21-4-2-1-3-5-21)9-12-25(13-10-23)11-6-22(19-7-14-26-16-19)20-8-15-27-17-20/h1-8,14-17H,9-13H2. The zero-order valence-electron chi connectivity index (χ0n) is 15.2. The van der Waals surface area contributed by atoms with Crippen molar-refractivity contribution in [3.8, 4) is 6.07 Å². The largest absolute Gasteiger partial charge is 0.300 e. The topological polar surface area (TPSA) is 27.0 Å². The molecule has 0 saturated carbocycles. The van der Waals surface area contributed by atoms with E-state index in [-0.39, 0.29) is 5.41 Å². The molecule has 1 aliphatic heterocycles. The monoisotopic (exact) mass is 390 g/mol. The Bertz CT molecular complexity index is 874. The zero-order valence-corrected chi connectivity index (χ0v) is 16.8. The summed E-state index contributed by atoms with van der Waals surface area (Å²) in [6.45, 7) is 2.84. The average molecular weight is 391 g/mol. The summed E-state index contributed by atoms with van der Waals surface area (Å²) in [5, 5.41) is 18.6. The third kappa shape index (κ3) is 3.91. The number of hydrogen-bond acceptors (Lipinski definition) is 4. The molecule has 27 heavy (non-hydrogen) atoms. The number of nitrogens with zero attached hydrogens (tertiary/aromatic N) is 2. The highest BCUT2D eigenvalue weighted by Crippen LogP contribution is 2.35. The molecule has 1 aliphatic rings. The predicted molar refractivity (Wildman–Crippen MR) is 115 cm³/mol. The lowest BCUT2D eigenvalue weighted by atomic mass is 9.74. The first-order valence-corrected chi connectivity index (χ1v) is 11.1. The first kappa shape index (κ1) is 18.2. The fourth-order valence-electron chi connectivity index (χ4n) is 3.80. The maximum Gasteiger partial charge on any atom is 0.0846 e. The van der Waals surface area contributed by atoms with Crippen LogP contribution in [-0.4, -0.2) is 24.5 Å². The molecule has 0 amide bonds. The van der Waals surface area contributed by atoms with Gasteiger partial charge in [0.2, 0.25) is 0 Å². The van der Waals surface area contributed by atoms with E-state index in [1.54, 1.807) is 22.7 Å². The number of rotatable bonds is 5. The van der Waals surface area contributed by atoms with Gasteiger partial charge in [0.05, 0.1) is 11.5 Å². The zero-order chi connectivity index (χ0) is 18.5. The summed E-state index contributed by atoms with van der Waals surface area (Å²) in [5.41, 5.74) is 4.75. The maximum absolute atomic E-state index is 9.87. The van der Waals surface area contributed by atoms with Gasteiger partial charge in [-0.25, -0.2) is 0 Å². The molecule has 136 valence electrons. The van der Waals surface area contributed by atoms with E-state index in [1.165, 1.54) is 22.3 Å². The van der Waals surface area contributed by atoms with Crippen molar-refractivity contribution < 1.29 is 0 Å². The van der Waals surface area contributed by atoms with E-state index in [0.29, 0.717) is 0 Å². The van der Waals surface area contributed by atoms with E-state index in [0.717, 1.165) is 32.5 Å². The van der Waals surface area contributed by atoms with Crippen molar-refractivity contribution in [3.63, 3.8) is 0 Å². The van der Waals surface area contributed by atoms with Gasteiger partial charge in [-0.3, -0.25) is 4.90 Å². The summed E-state index contributed by atoms with van der Waals surface area (Å²) in [6, 6.07) is 17.3. The van der Waals surface area contributed by atoms with Crippen molar-refractivity contribution in [2.45, 2.75) is 18.3 Å². The summed E-state index contributed by atoms with van der Waals surface area (Å²) in [7, 11) is 0. The molecule has 0 radical (unpaired) electrons.